The zero-order chi connectivity index (χ0) is 13.0. The van der Waals surface area contributed by atoms with Gasteiger partial charge in [0.2, 0.25) is 5.91 Å². The Balaban J connectivity index is 1.80. The Morgan fingerprint density at radius 3 is 2.72 bits per heavy atom. The van der Waals surface area contributed by atoms with E-state index in [1.54, 1.807) is 0 Å². The molecule has 2 unspecified atom stereocenters. The molecule has 18 heavy (non-hydrogen) atoms. The largest absolute Gasteiger partial charge is 0.340 e. The molecule has 1 aliphatic carbocycles. The van der Waals surface area contributed by atoms with Crippen molar-refractivity contribution < 1.29 is 4.79 Å². The van der Waals surface area contributed by atoms with E-state index in [9.17, 15) is 4.79 Å². The smallest absolute Gasteiger partial charge is 0.223 e. The van der Waals surface area contributed by atoms with E-state index in [0.717, 1.165) is 32.5 Å². The zero-order valence-corrected chi connectivity index (χ0v) is 12.0. The van der Waals surface area contributed by atoms with Gasteiger partial charge in [0.1, 0.15) is 0 Å². The van der Waals surface area contributed by atoms with Gasteiger partial charge in [0.05, 0.1) is 0 Å². The lowest BCUT2D eigenvalue weighted by Gasteiger charge is -2.30. The fourth-order valence-corrected chi connectivity index (χ4v) is 3.06. The van der Waals surface area contributed by atoms with Gasteiger partial charge in [0, 0.05) is 19.0 Å². The van der Waals surface area contributed by atoms with Crippen molar-refractivity contribution in [3.05, 3.63) is 0 Å². The van der Waals surface area contributed by atoms with Crippen LogP contribution in [-0.2, 0) is 4.79 Å². The molecule has 2 aliphatic rings. The first kappa shape index (κ1) is 13.9. The van der Waals surface area contributed by atoms with Crippen molar-refractivity contribution in [3.63, 3.8) is 0 Å². The third kappa shape index (κ3) is 3.71. The molecule has 3 heteroatoms. The van der Waals surface area contributed by atoms with E-state index in [1.165, 1.54) is 25.7 Å². The third-order valence-corrected chi connectivity index (χ3v) is 4.41. The Hall–Kier alpha value is -0.570. The molecule has 1 saturated heterocycles. The lowest BCUT2D eigenvalue weighted by Crippen LogP contribution is -2.38. The van der Waals surface area contributed by atoms with Gasteiger partial charge < -0.3 is 10.2 Å². The number of nitrogens with zero attached hydrogens (tertiary/aromatic N) is 1. The van der Waals surface area contributed by atoms with E-state index in [1.807, 2.05) is 0 Å². The van der Waals surface area contributed by atoms with Crippen LogP contribution in [0.25, 0.3) is 0 Å². The lowest BCUT2D eigenvalue weighted by atomic mass is 9.85. The number of nitrogens with one attached hydrogen (secondary N) is 1. The van der Waals surface area contributed by atoms with Crippen molar-refractivity contribution in [2.24, 2.45) is 11.8 Å². The maximum absolute atomic E-state index is 12.4. The van der Waals surface area contributed by atoms with Gasteiger partial charge in [0.25, 0.3) is 0 Å². The maximum Gasteiger partial charge on any atom is 0.223 e. The molecule has 3 nitrogen and oxygen atoms in total. The second-order valence-electron chi connectivity index (χ2n) is 6.11. The molecule has 104 valence electrons. The number of amides is 1. The van der Waals surface area contributed by atoms with Crippen LogP contribution in [0.5, 0.6) is 0 Å². The second-order valence-corrected chi connectivity index (χ2v) is 6.11. The number of hydrogen-bond acceptors (Lipinski definition) is 2. The maximum atomic E-state index is 12.4. The average molecular weight is 252 g/mol. The molecule has 1 heterocycles. The summed E-state index contributed by atoms with van der Waals surface area (Å²) in [5, 5.41) is 3.45. The Morgan fingerprint density at radius 2 is 2.17 bits per heavy atom. The predicted octanol–water partition coefficient (Wildman–Crippen LogP) is 2.41. The summed E-state index contributed by atoms with van der Waals surface area (Å²) in [4.78, 5) is 14.5. The highest BCUT2D eigenvalue weighted by Gasteiger charge is 2.33. The molecule has 0 aromatic rings. The summed E-state index contributed by atoms with van der Waals surface area (Å²) in [5.74, 6) is 1.63. The first-order chi connectivity index (χ1) is 8.72. The average Bonchev–Trinajstić information content (AvgIpc) is 3.21. The number of carbonyl (C=O) groups is 1. The molecule has 2 rings (SSSR count). The SMILES string of the molecule is CCCN(C(=O)CC(C)C1CCCNC1)C1CC1. The van der Waals surface area contributed by atoms with Crippen molar-refractivity contribution in [1.29, 1.82) is 0 Å². The Morgan fingerprint density at radius 1 is 1.39 bits per heavy atom. The summed E-state index contributed by atoms with van der Waals surface area (Å²) >= 11 is 0. The van der Waals surface area contributed by atoms with E-state index in [4.69, 9.17) is 0 Å². The third-order valence-electron chi connectivity index (χ3n) is 4.41. The molecule has 1 N–H and O–H groups in total. The molecule has 2 atom stereocenters. The normalized spacial score (nSPS) is 25.8. The molecule has 1 aliphatic heterocycles. The van der Waals surface area contributed by atoms with Crippen molar-refractivity contribution >= 4 is 5.91 Å². The van der Waals surface area contributed by atoms with E-state index in [2.05, 4.69) is 24.1 Å². The first-order valence-corrected chi connectivity index (χ1v) is 7.72. The summed E-state index contributed by atoms with van der Waals surface area (Å²) in [6, 6.07) is 0.578. The fourth-order valence-electron chi connectivity index (χ4n) is 3.06. The molecular formula is C15H28N2O. The van der Waals surface area contributed by atoms with E-state index in [0.29, 0.717) is 23.8 Å². The van der Waals surface area contributed by atoms with Gasteiger partial charge in [-0.1, -0.05) is 13.8 Å². The van der Waals surface area contributed by atoms with E-state index in [-0.39, 0.29) is 0 Å². The molecule has 0 radical (unpaired) electrons. The van der Waals surface area contributed by atoms with Crippen LogP contribution in [0.3, 0.4) is 0 Å². The van der Waals surface area contributed by atoms with Crippen LogP contribution in [0.15, 0.2) is 0 Å². The standard InChI is InChI=1S/C15H28N2O/c1-3-9-17(14-6-7-14)15(18)10-12(2)13-5-4-8-16-11-13/h12-14,16H,3-11H2,1-2H3. The Kier molecular flexibility index (Phi) is 5.04. The number of rotatable bonds is 6. The highest BCUT2D eigenvalue weighted by Crippen LogP contribution is 2.29. The van der Waals surface area contributed by atoms with Crippen LogP contribution in [0, 0.1) is 11.8 Å². The molecule has 2 fully saturated rings. The molecule has 0 spiro atoms. The summed E-state index contributed by atoms with van der Waals surface area (Å²) in [5.41, 5.74) is 0. The van der Waals surface area contributed by atoms with E-state index >= 15 is 0 Å². The number of hydrogen-bond donors (Lipinski definition) is 1. The quantitative estimate of drug-likeness (QED) is 0.787. The molecule has 1 amide bonds. The monoisotopic (exact) mass is 252 g/mol. The summed E-state index contributed by atoms with van der Waals surface area (Å²) in [6.07, 6.45) is 6.85. The Bertz CT molecular complexity index is 270. The zero-order valence-electron chi connectivity index (χ0n) is 12.0. The molecule has 0 aromatic heterocycles. The summed E-state index contributed by atoms with van der Waals surface area (Å²) < 4.78 is 0. The van der Waals surface area contributed by atoms with Gasteiger partial charge >= 0.3 is 0 Å². The minimum Gasteiger partial charge on any atom is -0.340 e. The van der Waals surface area contributed by atoms with Gasteiger partial charge in [-0.2, -0.15) is 0 Å². The predicted molar refractivity (Wildman–Crippen MR) is 74.4 cm³/mol. The van der Waals surface area contributed by atoms with Crippen LogP contribution < -0.4 is 5.32 Å². The lowest BCUT2D eigenvalue weighted by molar-refractivity contribution is -0.133. The van der Waals surface area contributed by atoms with Crippen molar-refractivity contribution in [1.82, 2.24) is 10.2 Å². The number of carbonyl (C=O) groups excluding carboxylic acids is 1. The van der Waals surface area contributed by atoms with Crippen LogP contribution in [0.2, 0.25) is 0 Å². The molecule has 0 bridgehead atoms. The van der Waals surface area contributed by atoms with Crippen LogP contribution >= 0.6 is 0 Å². The van der Waals surface area contributed by atoms with Gasteiger partial charge in [-0.3, -0.25) is 4.79 Å². The van der Waals surface area contributed by atoms with Crippen molar-refractivity contribution in [2.75, 3.05) is 19.6 Å². The molecular weight excluding hydrogens is 224 g/mol. The van der Waals surface area contributed by atoms with Crippen LogP contribution in [-0.4, -0.2) is 36.5 Å². The van der Waals surface area contributed by atoms with Crippen molar-refractivity contribution in [3.8, 4) is 0 Å². The highest BCUT2D eigenvalue weighted by molar-refractivity contribution is 5.77. The highest BCUT2D eigenvalue weighted by atomic mass is 16.2. The van der Waals surface area contributed by atoms with Gasteiger partial charge in [-0.05, 0) is 57.0 Å². The van der Waals surface area contributed by atoms with Gasteiger partial charge in [0.15, 0.2) is 0 Å². The second kappa shape index (κ2) is 6.55. The van der Waals surface area contributed by atoms with Crippen LogP contribution in [0.1, 0.15) is 52.4 Å². The van der Waals surface area contributed by atoms with Crippen molar-refractivity contribution in [2.45, 2.75) is 58.4 Å². The van der Waals surface area contributed by atoms with Crippen LogP contribution in [0.4, 0.5) is 0 Å². The first-order valence-electron chi connectivity index (χ1n) is 7.72. The number of piperidine rings is 1. The minimum atomic E-state index is 0.400. The minimum absolute atomic E-state index is 0.400. The molecule has 0 aromatic carbocycles. The Labute approximate surface area is 111 Å². The fraction of sp³-hybridized carbons (Fsp3) is 0.933. The van der Waals surface area contributed by atoms with Gasteiger partial charge in [-0.25, -0.2) is 0 Å². The topological polar surface area (TPSA) is 32.3 Å². The summed E-state index contributed by atoms with van der Waals surface area (Å²) in [6.45, 7) is 7.63. The van der Waals surface area contributed by atoms with Gasteiger partial charge in [-0.15, -0.1) is 0 Å². The summed E-state index contributed by atoms with van der Waals surface area (Å²) in [7, 11) is 0. The van der Waals surface area contributed by atoms with E-state index < -0.39 is 0 Å². The molecule has 1 saturated carbocycles.